The highest BCUT2D eigenvalue weighted by molar-refractivity contribution is 6.03. The lowest BCUT2D eigenvalue weighted by Gasteiger charge is -2.09. The molecule has 1 aliphatic rings. The van der Waals surface area contributed by atoms with Crippen molar-refractivity contribution >= 4 is 23.2 Å². The quantitative estimate of drug-likeness (QED) is 0.542. The van der Waals surface area contributed by atoms with E-state index < -0.39 is 0 Å². The van der Waals surface area contributed by atoms with Crippen LogP contribution in [0.5, 0.6) is 0 Å². The van der Waals surface area contributed by atoms with E-state index in [1.807, 2.05) is 40.6 Å². The number of hydrogen-bond donors (Lipinski definition) is 0. The predicted octanol–water partition coefficient (Wildman–Crippen LogP) is 2.98. The fourth-order valence-corrected chi connectivity index (χ4v) is 3.75. The van der Waals surface area contributed by atoms with Crippen LogP contribution in [0.25, 0.3) is 22.0 Å². The van der Waals surface area contributed by atoms with Crippen LogP contribution in [0.15, 0.2) is 24.3 Å². The van der Waals surface area contributed by atoms with Crippen molar-refractivity contribution in [3.63, 3.8) is 0 Å². The third-order valence-corrected chi connectivity index (χ3v) is 4.79. The number of aryl methyl sites for hydroxylation is 2. The second-order valence-electron chi connectivity index (χ2n) is 6.20. The molecule has 1 aliphatic heterocycles. The van der Waals surface area contributed by atoms with E-state index in [0.29, 0.717) is 18.0 Å². The summed E-state index contributed by atoms with van der Waals surface area (Å²) >= 11 is 0. The average molecular weight is 337 g/mol. The predicted molar refractivity (Wildman–Crippen MR) is 93.8 cm³/mol. The molecular weight excluding hydrogens is 318 g/mol. The van der Waals surface area contributed by atoms with Gasteiger partial charge in [0.25, 0.3) is 0 Å². The van der Waals surface area contributed by atoms with Gasteiger partial charge >= 0.3 is 5.97 Å². The number of carbonyl (C=O) groups excluding carboxylic acids is 2. The summed E-state index contributed by atoms with van der Waals surface area (Å²) in [5, 5.41) is 5.38. The first kappa shape index (κ1) is 15.6. The van der Waals surface area contributed by atoms with Gasteiger partial charge in [-0.2, -0.15) is 5.10 Å². The lowest BCUT2D eigenvalue weighted by Crippen LogP contribution is -2.09. The fraction of sp³-hybridized carbons (Fsp3) is 0.316. The number of ether oxygens (including phenoxy) is 1. The van der Waals surface area contributed by atoms with Crippen molar-refractivity contribution in [1.29, 1.82) is 0 Å². The Morgan fingerprint density at radius 3 is 3.00 bits per heavy atom. The summed E-state index contributed by atoms with van der Waals surface area (Å²) < 4.78 is 8.92. The third kappa shape index (κ3) is 2.28. The van der Waals surface area contributed by atoms with E-state index in [2.05, 4.69) is 5.10 Å². The number of rotatable bonds is 4. The molecule has 0 N–H and O–H groups in total. The molecule has 3 aromatic rings. The van der Waals surface area contributed by atoms with Crippen LogP contribution in [0.2, 0.25) is 0 Å². The van der Waals surface area contributed by atoms with Gasteiger partial charge in [-0.3, -0.25) is 9.48 Å². The number of nitrogens with zero attached hydrogens (tertiary/aromatic N) is 3. The van der Waals surface area contributed by atoms with E-state index in [4.69, 9.17) is 4.74 Å². The molecule has 0 unspecified atom stereocenters. The number of para-hydroxylation sites is 1. The Hall–Kier alpha value is -2.89. The summed E-state index contributed by atoms with van der Waals surface area (Å²) in [7, 11) is 1.85. The smallest absolute Gasteiger partial charge is 0.354 e. The van der Waals surface area contributed by atoms with E-state index >= 15 is 0 Å². The molecule has 0 bridgehead atoms. The Balaban J connectivity index is 1.98. The first-order valence-electron chi connectivity index (χ1n) is 8.46. The van der Waals surface area contributed by atoms with Crippen LogP contribution in [0.3, 0.4) is 0 Å². The molecule has 0 fully saturated rings. The van der Waals surface area contributed by atoms with Crippen LogP contribution >= 0.6 is 0 Å². The van der Waals surface area contributed by atoms with Gasteiger partial charge in [0, 0.05) is 35.8 Å². The second kappa shape index (κ2) is 5.88. The van der Waals surface area contributed by atoms with Gasteiger partial charge in [0.05, 0.1) is 12.1 Å². The summed E-state index contributed by atoms with van der Waals surface area (Å²) in [5.41, 5.74) is 4.78. The molecule has 0 aliphatic carbocycles. The SMILES string of the molecule is CCOC(=O)c1cc2cccc(-c3c(C=O)nn4c3CCC4)c2n1C. The van der Waals surface area contributed by atoms with Crippen LogP contribution < -0.4 is 0 Å². The molecule has 0 atom stereocenters. The fourth-order valence-electron chi connectivity index (χ4n) is 3.75. The zero-order valence-corrected chi connectivity index (χ0v) is 14.3. The number of esters is 1. The van der Waals surface area contributed by atoms with E-state index in [-0.39, 0.29) is 5.97 Å². The highest BCUT2D eigenvalue weighted by Crippen LogP contribution is 2.36. The molecule has 2 aromatic heterocycles. The minimum Gasteiger partial charge on any atom is -0.461 e. The largest absolute Gasteiger partial charge is 0.461 e. The van der Waals surface area contributed by atoms with Crippen molar-refractivity contribution in [2.75, 3.05) is 6.61 Å². The molecule has 25 heavy (non-hydrogen) atoms. The lowest BCUT2D eigenvalue weighted by atomic mass is 9.99. The minimum absolute atomic E-state index is 0.333. The van der Waals surface area contributed by atoms with Gasteiger partial charge < -0.3 is 9.30 Å². The Kier molecular flexibility index (Phi) is 3.67. The molecule has 6 heteroatoms. The van der Waals surface area contributed by atoms with E-state index in [0.717, 1.165) is 53.4 Å². The minimum atomic E-state index is -0.344. The maximum absolute atomic E-state index is 12.2. The van der Waals surface area contributed by atoms with Gasteiger partial charge in [-0.1, -0.05) is 18.2 Å². The molecule has 0 saturated heterocycles. The van der Waals surface area contributed by atoms with Crippen LogP contribution in [0.1, 0.15) is 40.0 Å². The first-order chi connectivity index (χ1) is 12.2. The van der Waals surface area contributed by atoms with Gasteiger partial charge in [-0.25, -0.2) is 4.79 Å². The van der Waals surface area contributed by atoms with E-state index in [9.17, 15) is 9.59 Å². The Morgan fingerprint density at radius 1 is 1.40 bits per heavy atom. The van der Waals surface area contributed by atoms with E-state index in [1.165, 1.54) is 0 Å². The maximum atomic E-state index is 12.2. The molecule has 128 valence electrons. The number of hydrogen-bond acceptors (Lipinski definition) is 4. The van der Waals surface area contributed by atoms with E-state index in [1.54, 1.807) is 6.92 Å². The number of aromatic nitrogens is 3. The molecule has 0 saturated carbocycles. The van der Waals surface area contributed by atoms with Gasteiger partial charge in [0.1, 0.15) is 11.4 Å². The molecule has 0 spiro atoms. The highest BCUT2D eigenvalue weighted by atomic mass is 16.5. The summed E-state index contributed by atoms with van der Waals surface area (Å²) in [5.74, 6) is -0.344. The molecule has 0 amide bonds. The van der Waals surface area contributed by atoms with Crippen molar-refractivity contribution < 1.29 is 14.3 Å². The average Bonchev–Trinajstić information content (AvgIpc) is 3.27. The second-order valence-corrected chi connectivity index (χ2v) is 6.20. The topological polar surface area (TPSA) is 66.1 Å². The van der Waals surface area contributed by atoms with Gasteiger partial charge in [-0.15, -0.1) is 0 Å². The van der Waals surface area contributed by atoms with Gasteiger partial charge in [0.15, 0.2) is 6.29 Å². The Bertz CT molecular complexity index is 997. The highest BCUT2D eigenvalue weighted by Gasteiger charge is 2.25. The number of benzene rings is 1. The maximum Gasteiger partial charge on any atom is 0.354 e. The van der Waals surface area contributed by atoms with Crippen LogP contribution in [0, 0.1) is 0 Å². The number of aldehydes is 1. The van der Waals surface area contributed by atoms with Crippen LogP contribution in [0.4, 0.5) is 0 Å². The molecule has 1 aromatic carbocycles. The van der Waals surface area contributed by atoms with Crippen LogP contribution in [-0.4, -0.2) is 33.2 Å². The molecule has 0 radical (unpaired) electrons. The molecule has 4 rings (SSSR count). The van der Waals surface area contributed by atoms with Crippen molar-refractivity contribution in [1.82, 2.24) is 14.3 Å². The van der Waals surface area contributed by atoms with Gasteiger partial charge in [-0.05, 0) is 25.8 Å². The lowest BCUT2D eigenvalue weighted by molar-refractivity contribution is 0.0515. The zero-order chi connectivity index (χ0) is 17.6. The summed E-state index contributed by atoms with van der Waals surface area (Å²) in [6, 6.07) is 7.73. The van der Waals surface area contributed by atoms with Crippen molar-refractivity contribution in [2.45, 2.75) is 26.3 Å². The molecular formula is C19H19N3O3. The van der Waals surface area contributed by atoms with Crippen molar-refractivity contribution in [2.24, 2.45) is 7.05 Å². The number of carbonyl (C=O) groups is 2. The third-order valence-electron chi connectivity index (χ3n) is 4.79. The van der Waals surface area contributed by atoms with Crippen LogP contribution in [-0.2, 0) is 24.8 Å². The summed E-state index contributed by atoms with van der Waals surface area (Å²) in [6.45, 7) is 2.96. The summed E-state index contributed by atoms with van der Waals surface area (Å²) in [4.78, 5) is 23.8. The molecule has 6 nitrogen and oxygen atoms in total. The van der Waals surface area contributed by atoms with Crippen molar-refractivity contribution in [3.05, 3.63) is 41.3 Å². The van der Waals surface area contributed by atoms with Gasteiger partial charge in [0.2, 0.25) is 0 Å². The monoisotopic (exact) mass is 337 g/mol. The Morgan fingerprint density at radius 2 is 2.24 bits per heavy atom. The Labute approximate surface area is 145 Å². The standard InChI is InChI=1S/C19H19N3O3/c1-3-25-19(24)16-10-12-6-4-7-13(18(12)21(16)2)17-14(11-23)20-22-9-5-8-15(17)22/h4,6-7,10-11H,3,5,8-9H2,1-2H3. The summed E-state index contributed by atoms with van der Waals surface area (Å²) in [6.07, 6.45) is 2.75. The normalized spacial score (nSPS) is 13.2. The number of fused-ring (bicyclic) bond motifs is 2. The van der Waals surface area contributed by atoms with Crippen molar-refractivity contribution in [3.8, 4) is 11.1 Å². The first-order valence-corrected chi connectivity index (χ1v) is 8.46. The molecule has 3 heterocycles. The zero-order valence-electron chi connectivity index (χ0n) is 14.3.